The van der Waals surface area contributed by atoms with Gasteiger partial charge in [0.25, 0.3) is 0 Å². The number of carbonyl (C=O) groups excluding carboxylic acids is 1. The summed E-state index contributed by atoms with van der Waals surface area (Å²) in [6, 6.07) is 0. The topological polar surface area (TPSA) is 49.8 Å². The Bertz CT molecular complexity index is 307. The molecule has 1 saturated heterocycles. The van der Waals surface area contributed by atoms with Crippen molar-refractivity contribution in [3.05, 3.63) is 0 Å². The zero-order valence-corrected chi connectivity index (χ0v) is 11.7. The van der Waals surface area contributed by atoms with Gasteiger partial charge in [0.05, 0.1) is 6.10 Å². The highest BCUT2D eigenvalue weighted by atomic mass is 16.6. The second-order valence-electron chi connectivity index (χ2n) is 6.72. The maximum Gasteiger partial charge on any atom is 0.410 e. The Morgan fingerprint density at radius 3 is 2.56 bits per heavy atom. The van der Waals surface area contributed by atoms with E-state index in [0.717, 1.165) is 12.3 Å². The highest BCUT2D eigenvalue weighted by molar-refractivity contribution is 5.68. The van der Waals surface area contributed by atoms with Crippen molar-refractivity contribution in [1.29, 1.82) is 0 Å². The predicted molar refractivity (Wildman–Crippen MR) is 69.3 cm³/mol. The minimum atomic E-state index is -0.445. The largest absolute Gasteiger partial charge is 0.444 e. The fourth-order valence-corrected chi connectivity index (χ4v) is 2.53. The number of carbonyl (C=O) groups is 1. The molecular weight excluding hydrogens is 230 g/mol. The van der Waals surface area contributed by atoms with Crippen LogP contribution in [0.2, 0.25) is 0 Å². The quantitative estimate of drug-likeness (QED) is 0.824. The maximum absolute atomic E-state index is 12.0. The summed E-state index contributed by atoms with van der Waals surface area (Å²) in [7, 11) is 0. The lowest BCUT2D eigenvalue weighted by Crippen LogP contribution is -2.47. The maximum atomic E-state index is 12.0. The van der Waals surface area contributed by atoms with E-state index in [1.807, 2.05) is 20.8 Å². The van der Waals surface area contributed by atoms with Gasteiger partial charge in [0.15, 0.2) is 0 Å². The van der Waals surface area contributed by atoms with E-state index in [9.17, 15) is 9.90 Å². The van der Waals surface area contributed by atoms with Crippen LogP contribution >= 0.6 is 0 Å². The van der Waals surface area contributed by atoms with Crippen molar-refractivity contribution in [3.8, 4) is 0 Å². The number of aliphatic hydroxyl groups is 1. The molecule has 1 heterocycles. The number of ether oxygens (including phenoxy) is 1. The van der Waals surface area contributed by atoms with Crippen molar-refractivity contribution in [2.24, 2.45) is 11.8 Å². The van der Waals surface area contributed by atoms with Crippen molar-refractivity contribution in [3.63, 3.8) is 0 Å². The van der Waals surface area contributed by atoms with Gasteiger partial charge in [-0.2, -0.15) is 0 Å². The molecule has 2 atom stereocenters. The molecule has 18 heavy (non-hydrogen) atoms. The summed E-state index contributed by atoms with van der Waals surface area (Å²) in [6.07, 6.45) is 3.82. The van der Waals surface area contributed by atoms with Crippen molar-refractivity contribution in [2.75, 3.05) is 13.1 Å². The summed E-state index contributed by atoms with van der Waals surface area (Å²) < 4.78 is 5.39. The minimum absolute atomic E-state index is 0.235. The fraction of sp³-hybridized carbons (Fsp3) is 0.929. The lowest BCUT2D eigenvalue weighted by atomic mass is 9.90. The molecule has 1 aliphatic carbocycles. The number of nitrogens with zero attached hydrogens (tertiary/aromatic N) is 1. The van der Waals surface area contributed by atoms with Crippen molar-refractivity contribution in [2.45, 2.75) is 58.2 Å². The Hall–Kier alpha value is -0.770. The molecule has 1 saturated carbocycles. The average Bonchev–Trinajstić information content (AvgIpc) is 3.02. The Kier molecular flexibility index (Phi) is 3.85. The molecule has 0 aromatic heterocycles. The van der Waals surface area contributed by atoms with Crippen LogP contribution in [-0.2, 0) is 4.74 Å². The summed E-state index contributed by atoms with van der Waals surface area (Å²) in [5.41, 5.74) is -0.445. The van der Waals surface area contributed by atoms with Crippen LogP contribution in [0.1, 0.15) is 46.5 Å². The number of piperidine rings is 1. The van der Waals surface area contributed by atoms with Crippen LogP contribution in [0.3, 0.4) is 0 Å². The molecule has 2 unspecified atom stereocenters. The van der Waals surface area contributed by atoms with Crippen LogP contribution in [0, 0.1) is 11.8 Å². The van der Waals surface area contributed by atoms with Crippen molar-refractivity contribution >= 4 is 6.09 Å². The third-order valence-electron chi connectivity index (χ3n) is 3.68. The SMILES string of the molecule is CC(C)(C)OC(=O)N1CCC(O)C(CC2CC2)C1. The van der Waals surface area contributed by atoms with Gasteiger partial charge in [-0.3, -0.25) is 0 Å². The second kappa shape index (κ2) is 5.08. The summed E-state index contributed by atoms with van der Waals surface area (Å²) in [4.78, 5) is 13.7. The molecule has 104 valence electrons. The Balaban J connectivity index is 1.87. The number of likely N-dealkylation sites (tertiary alicyclic amines) is 1. The van der Waals surface area contributed by atoms with E-state index in [4.69, 9.17) is 4.74 Å². The van der Waals surface area contributed by atoms with E-state index in [1.165, 1.54) is 12.8 Å². The number of hydrogen-bond donors (Lipinski definition) is 1. The Labute approximate surface area is 109 Å². The van der Waals surface area contributed by atoms with Gasteiger partial charge in [0.1, 0.15) is 5.60 Å². The fourth-order valence-electron chi connectivity index (χ4n) is 2.53. The Morgan fingerprint density at radius 2 is 2.00 bits per heavy atom. The molecule has 0 radical (unpaired) electrons. The van der Waals surface area contributed by atoms with Crippen molar-refractivity contribution in [1.82, 2.24) is 4.90 Å². The van der Waals surface area contributed by atoms with E-state index in [-0.39, 0.29) is 18.1 Å². The summed E-state index contributed by atoms with van der Waals surface area (Å²) in [6.45, 7) is 6.89. The molecule has 1 N–H and O–H groups in total. The number of hydrogen-bond acceptors (Lipinski definition) is 3. The molecule has 2 fully saturated rings. The Morgan fingerprint density at radius 1 is 1.33 bits per heavy atom. The van der Waals surface area contributed by atoms with Crippen LogP contribution in [0.25, 0.3) is 0 Å². The lowest BCUT2D eigenvalue weighted by molar-refractivity contribution is -0.0110. The summed E-state index contributed by atoms with van der Waals surface area (Å²) >= 11 is 0. The first-order chi connectivity index (χ1) is 8.35. The molecule has 1 aliphatic heterocycles. The molecule has 2 aliphatic rings. The molecule has 2 rings (SSSR count). The van der Waals surface area contributed by atoms with Gasteiger partial charge in [0.2, 0.25) is 0 Å². The first-order valence-corrected chi connectivity index (χ1v) is 7.01. The van der Waals surface area contributed by atoms with Crippen LogP contribution in [0.5, 0.6) is 0 Å². The molecule has 0 bridgehead atoms. The van der Waals surface area contributed by atoms with Crippen molar-refractivity contribution < 1.29 is 14.6 Å². The predicted octanol–water partition coefficient (Wildman–Crippen LogP) is 2.40. The van der Waals surface area contributed by atoms with Crippen LogP contribution in [0.15, 0.2) is 0 Å². The van der Waals surface area contributed by atoms with E-state index in [1.54, 1.807) is 4.90 Å². The van der Waals surface area contributed by atoms with Gasteiger partial charge in [0, 0.05) is 19.0 Å². The van der Waals surface area contributed by atoms with Gasteiger partial charge < -0.3 is 14.7 Å². The van der Waals surface area contributed by atoms with Gasteiger partial charge in [-0.25, -0.2) is 4.79 Å². The third kappa shape index (κ3) is 3.87. The normalized spacial score (nSPS) is 29.2. The van der Waals surface area contributed by atoms with Gasteiger partial charge in [-0.15, -0.1) is 0 Å². The molecular formula is C14H25NO3. The smallest absolute Gasteiger partial charge is 0.410 e. The van der Waals surface area contributed by atoms with E-state index in [0.29, 0.717) is 19.5 Å². The van der Waals surface area contributed by atoms with E-state index in [2.05, 4.69) is 0 Å². The second-order valence-corrected chi connectivity index (χ2v) is 6.72. The molecule has 0 aromatic carbocycles. The van der Waals surface area contributed by atoms with Crippen LogP contribution < -0.4 is 0 Å². The molecule has 1 amide bonds. The standard InChI is InChI=1S/C14H25NO3/c1-14(2,3)18-13(17)15-7-6-12(16)11(9-15)8-10-4-5-10/h10-12,16H,4-9H2,1-3H3. The average molecular weight is 255 g/mol. The summed E-state index contributed by atoms with van der Waals surface area (Å²) in [5, 5.41) is 10.00. The highest BCUT2D eigenvalue weighted by Crippen LogP contribution is 2.38. The summed E-state index contributed by atoms with van der Waals surface area (Å²) in [5.74, 6) is 1.02. The molecule has 0 spiro atoms. The van der Waals surface area contributed by atoms with Gasteiger partial charge in [-0.05, 0) is 39.5 Å². The van der Waals surface area contributed by atoms with Gasteiger partial charge in [-0.1, -0.05) is 12.8 Å². The van der Waals surface area contributed by atoms with E-state index >= 15 is 0 Å². The first kappa shape index (κ1) is 13.7. The zero-order valence-electron chi connectivity index (χ0n) is 11.7. The third-order valence-corrected chi connectivity index (χ3v) is 3.68. The molecule has 4 nitrogen and oxygen atoms in total. The van der Waals surface area contributed by atoms with E-state index < -0.39 is 5.60 Å². The minimum Gasteiger partial charge on any atom is -0.444 e. The van der Waals surface area contributed by atoms with Gasteiger partial charge >= 0.3 is 6.09 Å². The number of amides is 1. The number of rotatable bonds is 2. The van der Waals surface area contributed by atoms with Crippen LogP contribution in [-0.4, -0.2) is 40.9 Å². The first-order valence-electron chi connectivity index (χ1n) is 7.01. The zero-order chi connectivity index (χ0) is 13.3. The van der Waals surface area contributed by atoms with Crippen LogP contribution in [0.4, 0.5) is 4.79 Å². The number of aliphatic hydroxyl groups excluding tert-OH is 1. The molecule has 4 heteroatoms. The highest BCUT2D eigenvalue weighted by Gasteiger charge is 2.35. The molecule has 0 aromatic rings. The monoisotopic (exact) mass is 255 g/mol. The lowest BCUT2D eigenvalue weighted by Gasteiger charge is -2.37.